The zero-order valence-corrected chi connectivity index (χ0v) is 12.7. The Morgan fingerprint density at radius 1 is 1.27 bits per heavy atom. The van der Waals surface area contributed by atoms with Gasteiger partial charge in [-0.3, -0.25) is 4.79 Å². The summed E-state index contributed by atoms with van der Waals surface area (Å²) in [5.74, 6) is -0.318. The summed E-state index contributed by atoms with van der Waals surface area (Å²) in [4.78, 5) is 23.7. The van der Waals surface area contributed by atoms with Gasteiger partial charge in [0.15, 0.2) is 0 Å². The Kier molecular flexibility index (Phi) is 3.85. The highest BCUT2D eigenvalue weighted by atomic mass is 32.1. The van der Waals surface area contributed by atoms with Crippen LogP contribution >= 0.6 is 11.3 Å². The van der Waals surface area contributed by atoms with Gasteiger partial charge in [0.25, 0.3) is 5.91 Å². The molecule has 3 rings (SSSR count). The van der Waals surface area contributed by atoms with E-state index in [-0.39, 0.29) is 22.7 Å². The quantitative estimate of drug-likeness (QED) is 0.909. The number of thiophene rings is 1. The molecule has 0 saturated heterocycles. The number of aromatic carboxylic acids is 1. The molecule has 2 aromatic rings. The smallest absolute Gasteiger partial charge is 0.345 e. The monoisotopic (exact) mass is 317 g/mol. The summed E-state index contributed by atoms with van der Waals surface area (Å²) in [5, 5.41) is 11.8. The van der Waals surface area contributed by atoms with Crippen LogP contribution in [0.3, 0.4) is 0 Å². The van der Waals surface area contributed by atoms with Crippen LogP contribution in [0.4, 0.5) is 0 Å². The van der Waals surface area contributed by atoms with E-state index in [1.54, 1.807) is 0 Å². The number of hydrogen-bond acceptors (Lipinski definition) is 4. The minimum absolute atomic E-state index is 0.0963. The van der Waals surface area contributed by atoms with E-state index in [1.165, 1.54) is 12.1 Å². The number of fused-ring (bicyclic) bond motifs is 1. The molecule has 22 heavy (non-hydrogen) atoms. The van der Waals surface area contributed by atoms with Crippen LogP contribution in [0.25, 0.3) is 0 Å². The van der Waals surface area contributed by atoms with Crippen LogP contribution in [-0.2, 0) is 0 Å². The largest absolute Gasteiger partial charge is 0.493 e. The molecular weight excluding hydrogens is 302 g/mol. The van der Waals surface area contributed by atoms with Crippen molar-refractivity contribution in [1.82, 2.24) is 5.32 Å². The van der Waals surface area contributed by atoms with Crippen molar-refractivity contribution in [2.24, 2.45) is 0 Å². The van der Waals surface area contributed by atoms with Gasteiger partial charge >= 0.3 is 5.97 Å². The summed E-state index contributed by atoms with van der Waals surface area (Å²) in [5.41, 5.74) is 1.09. The molecule has 0 bridgehead atoms. The van der Waals surface area contributed by atoms with E-state index in [0.717, 1.165) is 22.6 Å². The number of benzene rings is 1. The number of carbonyl (C=O) groups is 2. The van der Waals surface area contributed by atoms with Crippen LogP contribution in [0.2, 0.25) is 0 Å². The van der Waals surface area contributed by atoms with Crippen LogP contribution in [-0.4, -0.2) is 29.6 Å². The van der Waals surface area contributed by atoms with Crippen molar-refractivity contribution in [3.63, 3.8) is 0 Å². The van der Waals surface area contributed by atoms with Crippen LogP contribution < -0.4 is 10.1 Å². The van der Waals surface area contributed by atoms with Crippen molar-refractivity contribution in [3.8, 4) is 5.75 Å². The summed E-state index contributed by atoms with van der Waals surface area (Å²) in [6.45, 7) is 2.46. The van der Waals surface area contributed by atoms with Crippen molar-refractivity contribution in [1.29, 1.82) is 0 Å². The topological polar surface area (TPSA) is 75.6 Å². The number of ether oxygens (including phenoxy) is 1. The van der Waals surface area contributed by atoms with E-state index in [4.69, 9.17) is 9.84 Å². The Morgan fingerprint density at radius 2 is 2.00 bits per heavy atom. The van der Waals surface area contributed by atoms with Crippen LogP contribution in [0.1, 0.15) is 37.7 Å². The number of carbonyl (C=O) groups excluding carboxylic acids is 1. The Bertz CT molecular complexity index is 724. The molecule has 5 nitrogen and oxygen atoms in total. The van der Waals surface area contributed by atoms with Gasteiger partial charge in [0, 0.05) is 17.5 Å². The lowest BCUT2D eigenvalue weighted by Crippen LogP contribution is -2.37. The number of hydrogen-bond donors (Lipinski definition) is 2. The first-order valence-electron chi connectivity index (χ1n) is 6.92. The fourth-order valence-electron chi connectivity index (χ4n) is 2.55. The van der Waals surface area contributed by atoms with E-state index in [1.807, 2.05) is 31.2 Å². The lowest BCUT2D eigenvalue weighted by Gasteiger charge is -2.19. The number of carboxylic acid groups (broad SMARTS) is 1. The van der Waals surface area contributed by atoms with Gasteiger partial charge in [-0.1, -0.05) is 18.2 Å². The predicted octanol–water partition coefficient (Wildman–Crippen LogP) is 2.74. The van der Waals surface area contributed by atoms with Crippen molar-refractivity contribution < 1.29 is 19.4 Å². The molecule has 0 fully saturated rings. The number of rotatable bonds is 4. The van der Waals surface area contributed by atoms with Crippen molar-refractivity contribution in [2.45, 2.75) is 18.9 Å². The van der Waals surface area contributed by atoms with E-state index < -0.39 is 5.97 Å². The highest BCUT2D eigenvalue weighted by Gasteiger charge is 2.29. The molecule has 0 radical (unpaired) electrons. The van der Waals surface area contributed by atoms with E-state index in [9.17, 15) is 9.59 Å². The second kappa shape index (κ2) is 5.81. The SMILES string of the molecule is CC(NC(=O)c1ccc(C(=O)O)s1)C1COc2ccccc21. The number of carboxylic acids is 1. The Balaban J connectivity index is 1.70. The number of para-hydroxylation sites is 1. The van der Waals surface area contributed by atoms with Crippen LogP contribution in [0.5, 0.6) is 5.75 Å². The third-order valence-corrected chi connectivity index (χ3v) is 4.81. The van der Waals surface area contributed by atoms with Gasteiger partial charge in [-0.2, -0.15) is 0 Å². The summed E-state index contributed by atoms with van der Waals surface area (Å²) in [7, 11) is 0. The molecule has 1 amide bonds. The first-order chi connectivity index (χ1) is 10.6. The molecule has 0 spiro atoms. The minimum atomic E-state index is -1.02. The zero-order valence-electron chi connectivity index (χ0n) is 11.9. The highest BCUT2D eigenvalue weighted by Crippen LogP contribution is 2.35. The van der Waals surface area contributed by atoms with E-state index >= 15 is 0 Å². The fourth-order valence-corrected chi connectivity index (χ4v) is 3.30. The fraction of sp³-hybridized carbons (Fsp3) is 0.250. The second-order valence-corrected chi connectivity index (χ2v) is 6.27. The molecule has 6 heteroatoms. The maximum atomic E-state index is 12.2. The van der Waals surface area contributed by atoms with Crippen LogP contribution in [0, 0.1) is 0 Å². The van der Waals surface area contributed by atoms with Gasteiger partial charge < -0.3 is 15.2 Å². The predicted molar refractivity (Wildman–Crippen MR) is 82.9 cm³/mol. The molecule has 1 aromatic carbocycles. The molecule has 1 aliphatic heterocycles. The van der Waals surface area contributed by atoms with Crippen LogP contribution in [0.15, 0.2) is 36.4 Å². The molecule has 114 valence electrons. The average molecular weight is 317 g/mol. The summed E-state index contributed by atoms with van der Waals surface area (Å²) < 4.78 is 5.63. The third-order valence-electron chi connectivity index (χ3n) is 3.74. The van der Waals surface area contributed by atoms with Gasteiger partial charge in [-0.25, -0.2) is 4.79 Å². The normalized spacial score (nSPS) is 17.4. The summed E-state index contributed by atoms with van der Waals surface area (Å²) in [6.07, 6.45) is 0. The number of nitrogens with one attached hydrogen (secondary N) is 1. The molecule has 2 N–H and O–H groups in total. The first kappa shape index (κ1) is 14.6. The second-order valence-electron chi connectivity index (χ2n) is 5.19. The Morgan fingerprint density at radius 3 is 2.73 bits per heavy atom. The summed E-state index contributed by atoms with van der Waals surface area (Å²) >= 11 is 0.976. The van der Waals surface area contributed by atoms with E-state index in [0.29, 0.717) is 11.5 Å². The molecule has 1 aliphatic rings. The maximum Gasteiger partial charge on any atom is 0.345 e. The van der Waals surface area contributed by atoms with Crippen molar-refractivity contribution in [3.05, 3.63) is 51.7 Å². The highest BCUT2D eigenvalue weighted by molar-refractivity contribution is 7.15. The molecular formula is C16H15NO4S. The molecule has 0 aliphatic carbocycles. The molecule has 2 atom stereocenters. The molecule has 1 aromatic heterocycles. The first-order valence-corrected chi connectivity index (χ1v) is 7.73. The van der Waals surface area contributed by atoms with Gasteiger partial charge in [0.2, 0.25) is 0 Å². The van der Waals surface area contributed by atoms with E-state index in [2.05, 4.69) is 5.32 Å². The van der Waals surface area contributed by atoms with Gasteiger partial charge in [0.05, 0.1) is 11.5 Å². The Hall–Kier alpha value is -2.34. The number of amides is 1. The molecule has 2 unspecified atom stereocenters. The van der Waals surface area contributed by atoms with Gasteiger partial charge in [-0.15, -0.1) is 11.3 Å². The molecule has 0 saturated carbocycles. The lowest BCUT2D eigenvalue weighted by molar-refractivity contribution is 0.0702. The zero-order chi connectivity index (χ0) is 15.7. The van der Waals surface area contributed by atoms with Gasteiger partial charge in [0.1, 0.15) is 10.6 Å². The maximum absolute atomic E-state index is 12.2. The minimum Gasteiger partial charge on any atom is -0.493 e. The summed E-state index contributed by atoms with van der Waals surface area (Å²) in [6, 6.07) is 10.7. The molecule has 2 heterocycles. The standard InChI is InChI=1S/C16H15NO4S/c1-9(11-8-21-12-5-3-2-4-10(11)12)17-15(18)13-6-7-14(22-13)16(19)20/h2-7,9,11H,8H2,1H3,(H,17,18)(H,19,20). The van der Waals surface area contributed by atoms with Crippen molar-refractivity contribution in [2.75, 3.05) is 6.61 Å². The average Bonchev–Trinajstić information content (AvgIpc) is 3.14. The lowest BCUT2D eigenvalue weighted by atomic mass is 9.94. The van der Waals surface area contributed by atoms with Crippen molar-refractivity contribution >= 4 is 23.2 Å². The Labute approximate surface area is 131 Å². The third kappa shape index (κ3) is 2.69. The van der Waals surface area contributed by atoms with Gasteiger partial charge in [-0.05, 0) is 25.1 Å².